The third-order valence-corrected chi connectivity index (χ3v) is 3.95. The second kappa shape index (κ2) is 6.06. The van der Waals surface area contributed by atoms with Crippen molar-refractivity contribution in [3.8, 4) is 0 Å². The molecule has 0 aliphatic carbocycles. The van der Waals surface area contributed by atoms with E-state index in [0.29, 0.717) is 17.3 Å². The van der Waals surface area contributed by atoms with E-state index in [1.54, 1.807) is 0 Å². The molecule has 0 amide bonds. The van der Waals surface area contributed by atoms with Crippen molar-refractivity contribution in [2.24, 2.45) is 7.05 Å². The molecule has 1 aromatic carbocycles. The van der Waals surface area contributed by atoms with Crippen LogP contribution in [0.2, 0.25) is 0 Å². The number of rotatable bonds is 4. The number of benzene rings is 1. The van der Waals surface area contributed by atoms with E-state index in [0.717, 1.165) is 22.5 Å². The Labute approximate surface area is 126 Å². The zero-order valence-corrected chi connectivity index (χ0v) is 13.4. The number of aliphatic hydroxyl groups is 1. The average Bonchev–Trinajstić information content (AvgIpc) is 2.54. The highest BCUT2D eigenvalue weighted by Gasteiger charge is 2.15. The maximum atomic E-state index is 13.3. The lowest BCUT2D eigenvalue weighted by Crippen LogP contribution is -2.15. The van der Waals surface area contributed by atoms with Gasteiger partial charge in [-0.3, -0.25) is 4.68 Å². The summed E-state index contributed by atoms with van der Waals surface area (Å²) in [5.41, 5.74) is 3.84. The predicted octanol–water partition coefficient (Wildman–Crippen LogP) is 3.08. The summed E-state index contributed by atoms with van der Waals surface area (Å²) in [6, 6.07) is 4.69. The zero-order valence-electron chi connectivity index (χ0n) is 11.8. The molecule has 2 rings (SSSR count). The molecule has 5 heteroatoms. The van der Waals surface area contributed by atoms with E-state index in [9.17, 15) is 9.50 Å². The van der Waals surface area contributed by atoms with Crippen LogP contribution in [0, 0.1) is 19.7 Å². The summed E-state index contributed by atoms with van der Waals surface area (Å²) in [7, 11) is 1.89. The number of aromatic nitrogens is 2. The van der Waals surface area contributed by atoms with Crippen LogP contribution < -0.4 is 0 Å². The summed E-state index contributed by atoms with van der Waals surface area (Å²) < 4.78 is 15.8. The number of hydrogen-bond donors (Lipinski definition) is 1. The van der Waals surface area contributed by atoms with Gasteiger partial charge >= 0.3 is 0 Å². The van der Waals surface area contributed by atoms with Crippen molar-refractivity contribution >= 4 is 15.9 Å². The molecule has 1 N–H and O–H groups in total. The molecule has 0 spiro atoms. The Morgan fingerprint density at radius 1 is 1.30 bits per heavy atom. The molecule has 1 unspecified atom stereocenters. The normalized spacial score (nSPS) is 12.7. The first-order chi connectivity index (χ1) is 9.36. The quantitative estimate of drug-likeness (QED) is 0.928. The van der Waals surface area contributed by atoms with Gasteiger partial charge in [-0.15, -0.1) is 0 Å². The highest BCUT2D eigenvalue weighted by atomic mass is 79.9. The van der Waals surface area contributed by atoms with E-state index in [1.165, 1.54) is 12.1 Å². The molecule has 2 aromatic rings. The first-order valence-corrected chi connectivity index (χ1v) is 7.28. The van der Waals surface area contributed by atoms with Crippen LogP contribution in [-0.2, 0) is 19.9 Å². The second-order valence-electron chi connectivity index (χ2n) is 5.11. The van der Waals surface area contributed by atoms with Gasteiger partial charge in [0.2, 0.25) is 0 Å². The van der Waals surface area contributed by atoms with Gasteiger partial charge in [0.05, 0.1) is 11.8 Å². The molecule has 20 heavy (non-hydrogen) atoms. The molecule has 0 aliphatic rings. The third-order valence-electron chi connectivity index (χ3n) is 3.49. The Balaban J connectivity index is 2.10. The Morgan fingerprint density at radius 2 is 2.00 bits per heavy atom. The number of aliphatic hydroxyl groups excluding tert-OH is 1. The lowest BCUT2D eigenvalue weighted by molar-refractivity contribution is 0.175. The fraction of sp³-hybridized carbons (Fsp3) is 0.400. The maximum absolute atomic E-state index is 13.3. The minimum atomic E-state index is -0.551. The number of hydrogen-bond acceptors (Lipinski definition) is 2. The van der Waals surface area contributed by atoms with Gasteiger partial charge in [0.25, 0.3) is 0 Å². The summed E-state index contributed by atoms with van der Waals surface area (Å²) in [6.07, 6.45) is 0.398. The van der Waals surface area contributed by atoms with E-state index in [4.69, 9.17) is 0 Å². The minimum absolute atomic E-state index is 0.296. The van der Waals surface area contributed by atoms with Crippen LogP contribution in [0.4, 0.5) is 4.39 Å². The SMILES string of the molecule is Cc1nn(C)c(C)c1CC(O)Cc1cc(F)cc(Br)c1. The highest BCUT2D eigenvalue weighted by Crippen LogP contribution is 2.19. The van der Waals surface area contributed by atoms with E-state index in [2.05, 4.69) is 21.0 Å². The van der Waals surface area contributed by atoms with Crippen molar-refractivity contribution < 1.29 is 9.50 Å². The molecule has 1 heterocycles. The van der Waals surface area contributed by atoms with E-state index >= 15 is 0 Å². The van der Waals surface area contributed by atoms with E-state index in [1.807, 2.05) is 31.6 Å². The van der Waals surface area contributed by atoms with Gasteiger partial charge in [-0.25, -0.2) is 4.39 Å². The van der Waals surface area contributed by atoms with E-state index in [-0.39, 0.29) is 5.82 Å². The van der Waals surface area contributed by atoms with Crippen LogP contribution in [-0.4, -0.2) is 21.0 Å². The summed E-state index contributed by atoms with van der Waals surface area (Å²) in [6.45, 7) is 3.93. The third kappa shape index (κ3) is 3.46. The van der Waals surface area contributed by atoms with Crippen molar-refractivity contribution in [1.29, 1.82) is 0 Å². The van der Waals surface area contributed by atoms with Crippen molar-refractivity contribution in [3.63, 3.8) is 0 Å². The van der Waals surface area contributed by atoms with Crippen LogP contribution in [0.15, 0.2) is 22.7 Å². The van der Waals surface area contributed by atoms with Crippen LogP contribution in [0.1, 0.15) is 22.5 Å². The summed E-state index contributed by atoms with van der Waals surface area (Å²) in [5.74, 6) is -0.296. The molecule has 0 aliphatic heterocycles. The highest BCUT2D eigenvalue weighted by molar-refractivity contribution is 9.10. The van der Waals surface area contributed by atoms with Crippen LogP contribution in [0.25, 0.3) is 0 Å². The summed E-state index contributed by atoms with van der Waals surface area (Å²) in [4.78, 5) is 0. The topological polar surface area (TPSA) is 38.0 Å². The summed E-state index contributed by atoms with van der Waals surface area (Å²) in [5, 5.41) is 14.6. The fourth-order valence-electron chi connectivity index (χ4n) is 2.42. The van der Waals surface area contributed by atoms with Gasteiger partial charge in [0, 0.05) is 23.6 Å². The Hall–Kier alpha value is -1.20. The molecule has 1 atom stereocenters. The predicted molar refractivity (Wildman–Crippen MR) is 80.2 cm³/mol. The van der Waals surface area contributed by atoms with Crippen LogP contribution in [0.3, 0.4) is 0 Å². The van der Waals surface area contributed by atoms with Gasteiger partial charge in [0.15, 0.2) is 0 Å². The van der Waals surface area contributed by atoms with Gasteiger partial charge < -0.3 is 5.11 Å². The van der Waals surface area contributed by atoms with Crippen LogP contribution in [0.5, 0.6) is 0 Å². The molecule has 0 saturated heterocycles. The van der Waals surface area contributed by atoms with Gasteiger partial charge in [-0.1, -0.05) is 15.9 Å². The van der Waals surface area contributed by atoms with Crippen molar-refractivity contribution in [2.75, 3.05) is 0 Å². The minimum Gasteiger partial charge on any atom is -0.392 e. The molecule has 1 aromatic heterocycles. The standard InChI is InChI=1S/C15H18BrFN2O/c1-9-15(10(2)19(3)18-9)8-14(20)6-11-4-12(16)7-13(17)5-11/h4-5,7,14,20H,6,8H2,1-3H3. The second-order valence-corrected chi connectivity index (χ2v) is 6.03. The van der Waals surface area contributed by atoms with Gasteiger partial charge in [0.1, 0.15) is 5.82 Å². The lowest BCUT2D eigenvalue weighted by Gasteiger charge is -2.11. The smallest absolute Gasteiger partial charge is 0.124 e. The largest absolute Gasteiger partial charge is 0.392 e. The Bertz CT molecular complexity index is 604. The van der Waals surface area contributed by atoms with Crippen LogP contribution >= 0.6 is 15.9 Å². The zero-order chi connectivity index (χ0) is 14.9. The molecule has 3 nitrogen and oxygen atoms in total. The molecule has 108 valence electrons. The lowest BCUT2D eigenvalue weighted by atomic mass is 10.00. The molecule has 0 fully saturated rings. The Morgan fingerprint density at radius 3 is 2.55 bits per heavy atom. The first kappa shape index (κ1) is 15.2. The van der Waals surface area contributed by atoms with Crippen molar-refractivity contribution in [1.82, 2.24) is 9.78 Å². The number of aryl methyl sites for hydroxylation is 2. The van der Waals surface area contributed by atoms with Crippen molar-refractivity contribution in [3.05, 3.63) is 51.0 Å². The van der Waals surface area contributed by atoms with Gasteiger partial charge in [-0.2, -0.15) is 5.10 Å². The molecular formula is C15H18BrFN2O. The molecule has 0 saturated carbocycles. The molecule has 0 radical (unpaired) electrons. The number of halogens is 2. The first-order valence-electron chi connectivity index (χ1n) is 6.49. The maximum Gasteiger partial charge on any atom is 0.124 e. The fourth-order valence-corrected chi connectivity index (χ4v) is 2.93. The van der Waals surface area contributed by atoms with Crippen molar-refractivity contribution in [2.45, 2.75) is 32.8 Å². The molecular weight excluding hydrogens is 323 g/mol. The monoisotopic (exact) mass is 340 g/mol. The Kier molecular flexibility index (Phi) is 4.60. The van der Waals surface area contributed by atoms with Gasteiger partial charge in [-0.05, 0) is 49.6 Å². The van der Waals surface area contributed by atoms with E-state index < -0.39 is 6.10 Å². The number of nitrogens with zero attached hydrogens (tertiary/aromatic N) is 2. The summed E-state index contributed by atoms with van der Waals surface area (Å²) >= 11 is 3.26. The average molecular weight is 341 g/mol. The molecule has 0 bridgehead atoms.